The Bertz CT molecular complexity index is 566. The predicted octanol–water partition coefficient (Wildman–Crippen LogP) is 1.19. The first-order chi connectivity index (χ1) is 10.4. The summed E-state index contributed by atoms with van der Waals surface area (Å²) in [7, 11) is 3.71. The first kappa shape index (κ1) is 16.3. The number of carbonyl (C=O) groups is 2. The van der Waals surface area contributed by atoms with Gasteiger partial charge in [-0.15, -0.1) is 0 Å². The lowest BCUT2D eigenvalue weighted by molar-refractivity contribution is -0.144. The quantitative estimate of drug-likeness (QED) is 0.636. The molecule has 1 heterocycles. The number of likely N-dealkylation sites (N-methyl/N-ethyl adjacent to an activating group) is 1. The molecule has 2 N–H and O–H groups in total. The Labute approximate surface area is 130 Å². The normalized spacial score (nSPS) is 16.3. The summed E-state index contributed by atoms with van der Waals surface area (Å²) in [6.07, 6.45) is 1.73. The number of piperidine rings is 1. The van der Waals surface area contributed by atoms with Crippen LogP contribution in [-0.2, 0) is 9.59 Å². The zero-order valence-electron chi connectivity index (χ0n) is 13.3. The topological polar surface area (TPSA) is 72.9 Å². The molecule has 6 nitrogen and oxygen atoms in total. The van der Waals surface area contributed by atoms with Gasteiger partial charge in [-0.25, -0.2) is 0 Å². The van der Waals surface area contributed by atoms with Crippen LogP contribution >= 0.6 is 0 Å². The number of hydrogen-bond acceptors (Lipinski definition) is 4. The SMILES string of the molecule is Cc1ccc(O)c(NC(=O)C(=O)N(C)C2CCN(C)CC2)c1. The second kappa shape index (κ2) is 6.79. The maximum absolute atomic E-state index is 12.2. The zero-order valence-corrected chi connectivity index (χ0v) is 13.3. The van der Waals surface area contributed by atoms with E-state index in [1.54, 1.807) is 19.2 Å². The summed E-state index contributed by atoms with van der Waals surface area (Å²) >= 11 is 0. The number of hydrogen-bond donors (Lipinski definition) is 2. The number of carbonyl (C=O) groups excluding carboxylic acids is 2. The van der Waals surface area contributed by atoms with Gasteiger partial charge in [0.2, 0.25) is 0 Å². The molecule has 1 fully saturated rings. The third-order valence-corrected chi connectivity index (χ3v) is 4.15. The fraction of sp³-hybridized carbons (Fsp3) is 0.500. The molecule has 1 aliphatic rings. The molecule has 1 aromatic rings. The Balaban J connectivity index is 1.99. The van der Waals surface area contributed by atoms with Crippen LogP contribution in [0, 0.1) is 6.92 Å². The Kier molecular flexibility index (Phi) is 5.03. The maximum atomic E-state index is 12.2. The molecule has 0 radical (unpaired) electrons. The lowest BCUT2D eigenvalue weighted by atomic mass is 10.0. The smallest absolute Gasteiger partial charge is 0.314 e. The number of benzene rings is 1. The molecule has 120 valence electrons. The largest absolute Gasteiger partial charge is 0.506 e. The molecular formula is C16H23N3O3. The molecule has 0 unspecified atom stereocenters. The zero-order chi connectivity index (χ0) is 16.3. The molecule has 6 heteroatoms. The van der Waals surface area contributed by atoms with Crippen molar-refractivity contribution in [2.75, 3.05) is 32.5 Å². The number of phenolic OH excluding ortho intramolecular Hbond substituents is 1. The molecule has 0 spiro atoms. The second-order valence-corrected chi connectivity index (χ2v) is 5.93. The van der Waals surface area contributed by atoms with Gasteiger partial charge in [0.1, 0.15) is 5.75 Å². The number of nitrogens with one attached hydrogen (secondary N) is 1. The molecule has 2 rings (SSSR count). The van der Waals surface area contributed by atoms with E-state index >= 15 is 0 Å². The number of nitrogens with zero attached hydrogens (tertiary/aromatic N) is 2. The summed E-state index contributed by atoms with van der Waals surface area (Å²) in [4.78, 5) is 28.1. The minimum absolute atomic E-state index is 0.0475. The van der Waals surface area contributed by atoms with Crippen LogP contribution in [0.5, 0.6) is 5.75 Å². The number of amides is 2. The minimum atomic E-state index is -0.720. The van der Waals surface area contributed by atoms with Crippen LogP contribution in [0.2, 0.25) is 0 Å². The number of rotatable bonds is 2. The standard InChI is InChI=1S/C16H23N3O3/c1-11-4-5-14(20)13(10-11)17-15(21)16(22)19(3)12-6-8-18(2)9-7-12/h4-5,10,12,20H,6-9H2,1-3H3,(H,17,21). The lowest BCUT2D eigenvalue weighted by Crippen LogP contribution is -2.47. The van der Waals surface area contributed by atoms with Gasteiger partial charge in [0, 0.05) is 13.1 Å². The van der Waals surface area contributed by atoms with Crippen molar-refractivity contribution in [3.8, 4) is 5.75 Å². The van der Waals surface area contributed by atoms with Gasteiger partial charge in [0.25, 0.3) is 0 Å². The average Bonchev–Trinajstić information content (AvgIpc) is 2.50. The summed E-state index contributed by atoms with van der Waals surface area (Å²) in [6.45, 7) is 3.69. The highest BCUT2D eigenvalue weighted by Crippen LogP contribution is 2.24. The number of phenols is 1. The predicted molar refractivity (Wildman–Crippen MR) is 84.8 cm³/mol. The van der Waals surface area contributed by atoms with E-state index in [2.05, 4.69) is 10.2 Å². The van der Waals surface area contributed by atoms with Crippen LogP contribution in [0.4, 0.5) is 5.69 Å². The Morgan fingerprint density at radius 3 is 2.59 bits per heavy atom. The van der Waals surface area contributed by atoms with E-state index in [1.807, 2.05) is 14.0 Å². The Morgan fingerprint density at radius 2 is 1.95 bits per heavy atom. The van der Waals surface area contributed by atoms with E-state index in [4.69, 9.17) is 0 Å². The number of aryl methyl sites for hydroxylation is 1. The molecule has 0 bridgehead atoms. The molecule has 2 amide bonds. The molecule has 0 aliphatic carbocycles. The third-order valence-electron chi connectivity index (χ3n) is 4.15. The Morgan fingerprint density at radius 1 is 1.32 bits per heavy atom. The third kappa shape index (κ3) is 3.76. The van der Waals surface area contributed by atoms with Crippen LogP contribution in [0.15, 0.2) is 18.2 Å². The number of anilines is 1. The fourth-order valence-electron chi connectivity index (χ4n) is 2.63. The minimum Gasteiger partial charge on any atom is -0.506 e. The van der Waals surface area contributed by atoms with Crippen LogP contribution in [0.25, 0.3) is 0 Å². The Hall–Kier alpha value is -2.08. The maximum Gasteiger partial charge on any atom is 0.314 e. The van der Waals surface area contributed by atoms with Gasteiger partial charge >= 0.3 is 11.8 Å². The summed E-state index contributed by atoms with van der Waals surface area (Å²) in [5.41, 5.74) is 1.15. The first-order valence-electron chi connectivity index (χ1n) is 7.45. The monoisotopic (exact) mass is 305 g/mol. The molecule has 0 atom stereocenters. The lowest BCUT2D eigenvalue weighted by Gasteiger charge is -2.34. The average molecular weight is 305 g/mol. The molecule has 0 saturated carbocycles. The van der Waals surface area contributed by atoms with E-state index in [9.17, 15) is 14.7 Å². The summed E-state index contributed by atoms with van der Waals surface area (Å²) in [6, 6.07) is 4.95. The van der Waals surface area contributed by atoms with E-state index in [0.717, 1.165) is 31.5 Å². The van der Waals surface area contributed by atoms with Crippen molar-refractivity contribution in [3.63, 3.8) is 0 Å². The molecule has 22 heavy (non-hydrogen) atoms. The molecule has 1 aliphatic heterocycles. The number of likely N-dealkylation sites (tertiary alicyclic amines) is 1. The van der Waals surface area contributed by atoms with Crippen molar-refractivity contribution in [2.45, 2.75) is 25.8 Å². The van der Waals surface area contributed by atoms with Crippen molar-refractivity contribution >= 4 is 17.5 Å². The highest BCUT2D eigenvalue weighted by Gasteiger charge is 2.28. The van der Waals surface area contributed by atoms with Gasteiger partial charge < -0.3 is 20.2 Å². The van der Waals surface area contributed by atoms with E-state index in [1.165, 1.54) is 11.0 Å². The molecule has 0 aromatic heterocycles. The van der Waals surface area contributed by atoms with Crippen LogP contribution in [0.3, 0.4) is 0 Å². The van der Waals surface area contributed by atoms with Gasteiger partial charge in [-0.2, -0.15) is 0 Å². The highest BCUT2D eigenvalue weighted by molar-refractivity contribution is 6.39. The summed E-state index contributed by atoms with van der Waals surface area (Å²) in [5, 5.41) is 12.2. The van der Waals surface area contributed by atoms with Crippen LogP contribution in [-0.4, -0.2) is 59.9 Å². The summed E-state index contributed by atoms with van der Waals surface area (Å²) in [5.74, 6) is -1.34. The van der Waals surface area contributed by atoms with Crippen molar-refractivity contribution in [1.82, 2.24) is 9.80 Å². The molecule has 1 aromatic carbocycles. The van der Waals surface area contributed by atoms with E-state index < -0.39 is 11.8 Å². The molecular weight excluding hydrogens is 282 g/mol. The van der Waals surface area contributed by atoms with Gasteiger partial charge in [-0.1, -0.05) is 6.07 Å². The van der Waals surface area contributed by atoms with E-state index in [-0.39, 0.29) is 17.5 Å². The van der Waals surface area contributed by atoms with Crippen molar-refractivity contribution in [1.29, 1.82) is 0 Å². The second-order valence-electron chi connectivity index (χ2n) is 5.93. The van der Waals surface area contributed by atoms with Crippen molar-refractivity contribution in [2.24, 2.45) is 0 Å². The number of aromatic hydroxyl groups is 1. The van der Waals surface area contributed by atoms with Gasteiger partial charge in [-0.05, 0) is 57.6 Å². The fourth-order valence-corrected chi connectivity index (χ4v) is 2.63. The molecule has 1 saturated heterocycles. The first-order valence-corrected chi connectivity index (χ1v) is 7.45. The highest BCUT2D eigenvalue weighted by atomic mass is 16.3. The van der Waals surface area contributed by atoms with Crippen LogP contribution in [0.1, 0.15) is 18.4 Å². The van der Waals surface area contributed by atoms with Crippen molar-refractivity contribution < 1.29 is 14.7 Å². The summed E-state index contributed by atoms with van der Waals surface area (Å²) < 4.78 is 0. The van der Waals surface area contributed by atoms with Gasteiger partial charge in [0.15, 0.2) is 0 Å². The van der Waals surface area contributed by atoms with Crippen molar-refractivity contribution in [3.05, 3.63) is 23.8 Å². The van der Waals surface area contributed by atoms with Gasteiger partial charge in [0.05, 0.1) is 5.69 Å². The van der Waals surface area contributed by atoms with Gasteiger partial charge in [-0.3, -0.25) is 9.59 Å². The van der Waals surface area contributed by atoms with Crippen LogP contribution < -0.4 is 5.32 Å². The van der Waals surface area contributed by atoms with E-state index in [0.29, 0.717) is 0 Å².